The minimum atomic E-state index is -0.381. The second-order valence-electron chi connectivity index (χ2n) is 3.84. The number of hydrogen-bond acceptors (Lipinski definition) is 6. The van der Waals surface area contributed by atoms with Crippen LogP contribution in [0.25, 0.3) is 0 Å². The summed E-state index contributed by atoms with van der Waals surface area (Å²) in [5, 5.41) is 2.61. The highest BCUT2D eigenvalue weighted by atomic mass is 32.1. The van der Waals surface area contributed by atoms with Gasteiger partial charge >= 0.3 is 5.97 Å². The van der Waals surface area contributed by atoms with E-state index in [1.165, 1.54) is 18.4 Å². The number of methoxy groups -OCH3 is 1. The monoisotopic (exact) mass is 256 g/mol. The van der Waals surface area contributed by atoms with Crippen LogP contribution in [0.15, 0.2) is 5.38 Å². The van der Waals surface area contributed by atoms with Gasteiger partial charge < -0.3 is 14.4 Å². The Hall–Kier alpha value is -1.14. The van der Waals surface area contributed by atoms with Crippen LogP contribution in [0.5, 0.6) is 0 Å². The Balaban J connectivity index is 2.15. The Kier molecular flexibility index (Phi) is 3.96. The molecule has 0 aromatic carbocycles. The zero-order valence-electron chi connectivity index (χ0n) is 10.0. The summed E-state index contributed by atoms with van der Waals surface area (Å²) in [6.45, 7) is 4.39. The first kappa shape index (κ1) is 12.3. The molecule has 1 aliphatic rings. The third kappa shape index (κ3) is 2.58. The lowest BCUT2D eigenvalue weighted by Gasteiger charge is -2.34. The minimum Gasteiger partial charge on any atom is -0.464 e. The average Bonchev–Trinajstić information content (AvgIpc) is 2.87. The lowest BCUT2D eigenvalue weighted by molar-refractivity contribution is 0.0595. The van der Waals surface area contributed by atoms with Gasteiger partial charge in [-0.15, -0.1) is 11.3 Å². The van der Waals surface area contributed by atoms with Gasteiger partial charge in [0.15, 0.2) is 10.8 Å². The maximum Gasteiger partial charge on any atom is 0.357 e. The molecular weight excluding hydrogens is 240 g/mol. The Bertz CT molecular complexity index is 394. The molecular formula is C11H16N2O3S. The van der Waals surface area contributed by atoms with E-state index in [0.717, 1.165) is 24.7 Å². The first-order chi connectivity index (χ1) is 8.26. The third-order valence-corrected chi connectivity index (χ3v) is 3.71. The first-order valence-electron chi connectivity index (χ1n) is 5.64. The van der Waals surface area contributed by atoms with Crippen molar-refractivity contribution in [2.24, 2.45) is 0 Å². The highest BCUT2D eigenvalue weighted by molar-refractivity contribution is 7.13. The van der Waals surface area contributed by atoms with E-state index in [-0.39, 0.29) is 5.97 Å². The molecule has 0 spiro atoms. The van der Waals surface area contributed by atoms with Gasteiger partial charge in [-0.25, -0.2) is 9.78 Å². The Morgan fingerprint density at radius 2 is 2.59 bits per heavy atom. The van der Waals surface area contributed by atoms with Gasteiger partial charge in [0.1, 0.15) is 0 Å². The number of carbonyl (C=O) groups is 1. The van der Waals surface area contributed by atoms with Crippen LogP contribution in [-0.2, 0) is 9.47 Å². The van der Waals surface area contributed by atoms with E-state index in [1.54, 1.807) is 5.38 Å². The highest BCUT2D eigenvalue weighted by Crippen LogP contribution is 2.25. The van der Waals surface area contributed by atoms with Gasteiger partial charge in [-0.1, -0.05) is 6.92 Å². The molecule has 17 heavy (non-hydrogen) atoms. The number of thiazole rings is 1. The van der Waals surface area contributed by atoms with Crippen molar-refractivity contribution in [3.63, 3.8) is 0 Å². The Morgan fingerprint density at radius 1 is 1.76 bits per heavy atom. The van der Waals surface area contributed by atoms with E-state index in [2.05, 4.69) is 21.5 Å². The van der Waals surface area contributed by atoms with Gasteiger partial charge in [-0.3, -0.25) is 0 Å². The highest BCUT2D eigenvalue weighted by Gasteiger charge is 2.24. The van der Waals surface area contributed by atoms with Gasteiger partial charge in [0, 0.05) is 11.9 Å². The number of anilines is 1. The van der Waals surface area contributed by atoms with E-state index < -0.39 is 0 Å². The maximum absolute atomic E-state index is 11.3. The molecule has 1 aliphatic heterocycles. The largest absolute Gasteiger partial charge is 0.464 e. The van der Waals surface area contributed by atoms with Gasteiger partial charge in [0.05, 0.1) is 26.4 Å². The zero-order chi connectivity index (χ0) is 12.3. The number of aromatic nitrogens is 1. The van der Waals surface area contributed by atoms with Gasteiger partial charge in [0.25, 0.3) is 0 Å². The molecule has 6 heteroatoms. The summed E-state index contributed by atoms with van der Waals surface area (Å²) < 4.78 is 10.1. The molecule has 1 aromatic rings. The second-order valence-corrected chi connectivity index (χ2v) is 4.67. The summed E-state index contributed by atoms with van der Waals surface area (Å²) in [7, 11) is 1.37. The number of nitrogens with zero attached hydrogens (tertiary/aromatic N) is 2. The average molecular weight is 256 g/mol. The molecule has 94 valence electrons. The quantitative estimate of drug-likeness (QED) is 0.768. The summed E-state index contributed by atoms with van der Waals surface area (Å²) in [5.41, 5.74) is 0.383. The van der Waals surface area contributed by atoms with E-state index >= 15 is 0 Å². The van der Waals surface area contributed by atoms with Crippen LogP contribution in [-0.4, -0.2) is 43.9 Å². The van der Waals surface area contributed by atoms with Crippen molar-refractivity contribution in [3.05, 3.63) is 11.1 Å². The maximum atomic E-state index is 11.3. The lowest BCUT2D eigenvalue weighted by Crippen LogP contribution is -2.45. The summed E-state index contributed by atoms with van der Waals surface area (Å²) in [5.74, 6) is -0.381. The molecule has 1 atom stereocenters. The van der Waals surface area contributed by atoms with Crippen molar-refractivity contribution < 1.29 is 14.3 Å². The van der Waals surface area contributed by atoms with Gasteiger partial charge in [0.2, 0.25) is 0 Å². The van der Waals surface area contributed by atoms with Crippen LogP contribution in [0.2, 0.25) is 0 Å². The molecule has 0 amide bonds. The van der Waals surface area contributed by atoms with Gasteiger partial charge in [-0.2, -0.15) is 0 Å². The van der Waals surface area contributed by atoms with E-state index in [0.29, 0.717) is 18.3 Å². The fourth-order valence-corrected chi connectivity index (χ4v) is 2.73. The van der Waals surface area contributed by atoms with Crippen molar-refractivity contribution in [3.8, 4) is 0 Å². The summed E-state index contributed by atoms with van der Waals surface area (Å²) in [6, 6.07) is 0.348. The Morgan fingerprint density at radius 3 is 3.29 bits per heavy atom. The third-order valence-electron chi connectivity index (χ3n) is 2.83. The molecule has 1 unspecified atom stereocenters. The number of carbonyl (C=O) groups excluding carboxylic acids is 1. The van der Waals surface area contributed by atoms with Crippen molar-refractivity contribution in [1.29, 1.82) is 0 Å². The van der Waals surface area contributed by atoms with E-state index in [9.17, 15) is 4.79 Å². The zero-order valence-corrected chi connectivity index (χ0v) is 10.8. The van der Waals surface area contributed by atoms with E-state index in [4.69, 9.17) is 4.74 Å². The molecule has 1 saturated heterocycles. The normalized spacial score (nSPS) is 20.4. The van der Waals surface area contributed by atoms with Crippen molar-refractivity contribution >= 4 is 22.4 Å². The molecule has 0 bridgehead atoms. The number of esters is 1. The fraction of sp³-hybridized carbons (Fsp3) is 0.636. The Labute approximate surface area is 104 Å². The first-order valence-corrected chi connectivity index (χ1v) is 6.52. The molecule has 0 saturated carbocycles. The van der Waals surface area contributed by atoms with Crippen LogP contribution < -0.4 is 4.90 Å². The van der Waals surface area contributed by atoms with Gasteiger partial charge in [-0.05, 0) is 6.42 Å². The summed E-state index contributed by atoms with van der Waals surface area (Å²) in [4.78, 5) is 17.9. The molecule has 1 fully saturated rings. The SMILES string of the molecule is CCC1COCCN1c1nc(C(=O)OC)cs1. The van der Waals surface area contributed by atoms with Crippen LogP contribution in [0.4, 0.5) is 5.13 Å². The smallest absolute Gasteiger partial charge is 0.357 e. The van der Waals surface area contributed by atoms with Crippen LogP contribution in [0.1, 0.15) is 23.8 Å². The van der Waals surface area contributed by atoms with Crippen molar-refractivity contribution in [2.45, 2.75) is 19.4 Å². The standard InChI is InChI=1S/C11H16N2O3S/c1-3-8-6-16-5-4-13(8)11-12-9(7-17-11)10(14)15-2/h7-8H,3-6H2,1-2H3. The minimum absolute atomic E-state index is 0.348. The molecule has 0 radical (unpaired) electrons. The van der Waals surface area contributed by atoms with Crippen LogP contribution in [0, 0.1) is 0 Å². The lowest BCUT2D eigenvalue weighted by atomic mass is 10.2. The molecule has 2 heterocycles. The van der Waals surface area contributed by atoms with Crippen molar-refractivity contribution in [1.82, 2.24) is 4.98 Å². The van der Waals surface area contributed by atoms with Crippen LogP contribution in [0.3, 0.4) is 0 Å². The molecule has 0 N–H and O–H groups in total. The summed E-state index contributed by atoms with van der Waals surface area (Å²) >= 11 is 1.48. The molecule has 1 aromatic heterocycles. The molecule has 5 nitrogen and oxygen atoms in total. The predicted octanol–water partition coefficient (Wildman–Crippen LogP) is 1.54. The topological polar surface area (TPSA) is 51.7 Å². The number of rotatable bonds is 3. The number of hydrogen-bond donors (Lipinski definition) is 0. The fourth-order valence-electron chi connectivity index (χ4n) is 1.84. The molecule has 0 aliphatic carbocycles. The number of morpholine rings is 1. The second kappa shape index (κ2) is 5.46. The molecule has 2 rings (SSSR count). The van der Waals surface area contributed by atoms with E-state index in [1.807, 2.05) is 0 Å². The van der Waals surface area contributed by atoms with Crippen LogP contribution >= 0.6 is 11.3 Å². The summed E-state index contributed by atoms with van der Waals surface area (Å²) in [6.07, 6.45) is 1.01. The number of ether oxygens (including phenoxy) is 2. The van der Waals surface area contributed by atoms with Crippen molar-refractivity contribution in [2.75, 3.05) is 31.8 Å². The predicted molar refractivity (Wildman–Crippen MR) is 65.7 cm³/mol.